The standard InChI is InChI=1S/C17H19F3N4.HI/c1-2-21-16(24-12-15-5-3-4-10-22-15)23-11-13-6-8-14(9-7-13)17(18,19)20;/h3-10H,2,11-12H2,1H3,(H2,21,23,24);1H. The SMILES string of the molecule is CCNC(=NCc1ccc(C(F)(F)F)cc1)NCc1ccccn1.I. The van der Waals surface area contributed by atoms with Gasteiger partial charge in [0.25, 0.3) is 0 Å². The molecule has 4 nitrogen and oxygen atoms in total. The van der Waals surface area contributed by atoms with E-state index in [4.69, 9.17) is 0 Å². The molecule has 0 saturated heterocycles. The third-order valence-corrected chi connectivity index (χ3v) is 3.21. The van der Waals surface area contributed by atoms with E-state index in [1.807, 2.05) is 25.1 Å². The monoisotopic (exact) mass is 464 g/mol. The molecule has 0 bridgehead atoms. The Morgan fingerprint density at radius 2 is 1.80 bits per heavy atom. The molecular formula is C17H20F3IN4. The lowest BCUT2D eigenvalue weighted by Crippen LogP contribution is -2.37. The molecule has 0 unspecified atom stereocenters. The van der Waals surface area contributed by atoms with Crippen molar-refractivity contribution in [1.29, 1.82) is 0 Å². The van der Waals surface area contributed by atoms with Crippen LogP contribution in [0.25, 0.3) is 0 Å². The van der Waals surface area contributed by atoms with Crippen molar-refractivity contribution in [3.05, 3.63) is 65.5 Å². The highest BCUT2D eigenvalue weighted by molar-refractivity contribution is 14.0. The molecule has 0 fully saturated rings. The molecule has 2 aromatic rings. The molecule has 1 aromatic heterocycles. The maximum atomic E-state index is 12.5. The topological polar surface area (TPSA) is 49.3 Å². The van der Waals surface area contributed by atoms with E-state index in [9.17, 15) is 13.2 Å². The van der Waals surface area contributed by atoms with Crippen molar-refractivity contribution >= 4 is 29.9 Å². The van der Waals surface area contributed by atoms with Crippen molar-refractivity contribution in [2.24, 2.45) is 4.99 Å². The van der Waals surface area contributed by atoms with Gasteiger partial charge in [0, 0.05) is 12.7 Å². The van der Waals surface area contributed by atoms with Crippen molar-refractivity contribution in [1.82, 2.24) is 15.6 Å². The summed E-state index contributed by atoms with van der Waals surface area (Å²) in [6.07, 6.45) is -2.61. The van der Waals surface area contributed by atoms with Gasteiger partial charge in [-0.05, 0) is 36.8 Å². The molecule has 1 aromatic carbocycles. The van der Waals surface area contributed by atoms with Gasteiger partial charge in [-0.2, -0.15) is 13.2 Å². The number of guanidine groups is 1. The molecule has 0 aliphatic rings. The predicted molar refractivity (Wildman–Crippen MR) is 103 cm³/mol. The second-order valence-corrected chi connectivity index (χ2v) is 5.06. The van der Waals surface area contributed by atoms with Crippen LogP contribution in [0.1, 0.15) is 23.7 Å². The van der Waals surface area contributed by atoms with Gasteiger partial charge < -0.3 is 10.6 Å². The highest BCUT2D eigenvalue weighted by Gasteiger charge is 2.29. The summed E-state index contributed by atoms with van der Waals surface area (Å²) in [6, 6.07) is 10.7. The maximum Gasteiger partial charge on any atom is 0.416 e. The first-order valence-electron chi connectivity index (χ1n) is 7.57. The number of aromatic nitrogens is 1. The number of rotatable bonds is 5. The van der Waals surface area contributed by atoms with E-state index in [2.05, 4.69) is 20.6 Å². The maximum absolute atomic E-state index is 12.5. The van der Waals surface area contributed by atoms with E-state index in [0.717, 1.165) is 17.8 Å². The Balaban J connectivity index is 0.00000312. The number of nitrogens with one attached hydrogen (secondary N) is 2. The molecule has 1 heterocycles. The third-order valence-electron chi connectivity index (χ3n) is 3.21. The van der Waals surface area contributed by atoms with E-state index < -0.39 is 11.7 Å². The molecule has 25 heavy (non-hydrogen) atoms. The Labute approximate surface area is 162 Å². The van der Waals surface area contributed by atoms with E-state index in [0.29, 0.717) is 24.6 Å². The summed E-state index contributed by atoms with van der Waals surface area (Å²) in [6.45, 7) is 3.42. The summed E-state index contributed by atoms with van der Waals surface area (Å²) in [5.41, 5.74) is 0.922. The van der Waals surface area contributed by atoms with Crippen LogP contribution >= 0.6 is 24.0 Å². The van der Waals surface area contributed by atoms with Crippen LogP contribution in [0.4, 0.5) is 13.2 Å². The van der Waals surface area contributed by atoms with Crippen molar-refractivity contribution in [2.45, 2.75) is 26.2 Å². The number of halogens is 4. The van der Waals surface area contributed by atoms with Crippen LogP contribution in [0.2, 0.25) is 0 Å². The van der Waals surface area contributed by atoms with E-state index in [-0.39, 0.29) is 30.5 Å². The van der Waals surface area contributed by atoms with Crippen LogP contribution in [0.15, 0.2) is 53.7 Å². The lowest BCUT2D eigenvalue weighted by molar-refractivity contribution is -0.137. The molecule has 0 aliphatic carbocycles. The van der Waals surface area contributed by atoms with E-state index in [1.54, 1.807) is 6.20 Å². The summed E-state index contributed by atoms with van der Waals surface area (Å²) in [5.74, 6) is 0.586. The lowest BCUT2D eigenvalue weighted by atomic mass is 10.1. The van der Waals surface area contributed by atoms with Gasteiger partial charge in [-0.1, -0.05) is 18.2 Å². The molecule has 0 atom stereocenters. The van der Waals surface area contributed by atoms with Gasteiger partial charge in [0.1, 0.15) is 0 Å². The average molecular weight is 464 g/mol. The quantitative estimate of drug-likeness (QED) is 0.400. The minimum absolute atomic E-state index is 0. The summed E-state index contributed by atoms with van der Waals surface area (Å²) in [4.78, 5) is 8.59. The first kappa shape index (κ1) is 21.2. The number of pyridine rings is 1. The largest absolute Gasteiger partial charge is 0.416 e. The molecule has 2 N–H and O–H groups in total. The van der Waals surface area contributed by atoms with Crippen LogP contribution in [-0.2, 0) is 19.3 Å². The molecule has 0 saturated carbocycles. The van der Waals surface area contributed by atoms with Crippen molar-refractivity contribution in [3.63, 3.8) is 0 Å². The molecule has 0 amide bonds. The number of benzene rings is 1. The van der Waals surface area contributed by atoms with Crippen LogP contribution in [0.3, 0.4) is 0 Å². The summed E-state index contributed by atoms with van der Waals surface area (Å²) >= 11 is 0. The molecule has 136 valence electrons. The fourth-order valence-electron chi connectivity index (χ4n) is 1.99. The van der Waals surface area contributed by atoms with Gasteiger partial charge in [0.15, 0.2) is 5.96 Å². The van der Waals surface area contributed by atoms with Crippen LogP contribution in [-0.4, -0.2) is 17.5 Å². The molecule has 0 aliphatic heterocycles. The fourth-order valence-corrected chi connectivity index (χ4v) is 1.99. The number of aliphatic imine (C=N–C) groups is 1. The Hall–Kier alpha value is -1.84. The summed E-state index contributed by atoms with van der Waals surface area (Å²) in [5, 5.41) is 6.23. The second-order valence-electron chi connectivity index (χ2n) is 5.06. The highest BCUT2D eigenvalue weighted by atomic mass is 127. The Morgan fingerprint density at radius 1 is 1.08 bits per heavy atom. The highest BCUT2D eigenvalue weighted by Crippen LogP contribution is 2.29. The third kappa shape index (κ3) is 7.29. The van der Waals surface area contributed by atoms with Crippen molar-refractivity contribution in [3.8, 4) is 0 Å². The van der Waals surface area contributed by atoms with Crippen LogP contribution in [0.5, 0.6) is 0 Å². The van der Waals surface area contributed by atoms with Crippen LogP contribution < -0.4 is 10.6 Å². The Kier molecular flexibility index (Phi) is 8.67. The predicted octanol–water partition coefficient (Wildman–Crippen LogP) is 3.97. The average Bonchev–Trinajstić information content (AvgIpc) is 2.58. The van der Waals surface area contributed by atoms with Crippen molar-refractivity contribution < 1.29 is 13.2 Å². The normalized spacial score (nSPS) is 11.6. The molecule has 0 spiro atoms. The van der Waals surface area contributed by atoms with Gasteiger partial charge in [-0.3, -0.25) is 4.98 Å². The second kappa shape index (κ2) is 10.2. The van der Waals surface area contributed by atoms with E-state index >= 15 is 0 Å². The number of hydrogen-bond acceptors (Lipinski definition) is 2. The smallest absolute Gasteiger partial charge is 0.357 e. The molecule has 8 heteroatoms. The molecule has 2 rings (SSSR count). The number of nitrogens with zero attached hydrogens (tertiary/aromatic N) is 2. The van der Waals surface area contributed by atoms with Crippen molar-refractivity contribution in [2.75, 3.05) is 6.54 Å². The number of alkyl halides is 3. The van der Waals surface area contributed by atoms with Gasteiger partial charge in [-0.15, -0.1) is 24.0 Å². The zero-order valence-corrected chi connectivity index (χ0v) is 16.0. The lowest BCUT2D eigenvalue weighted by Gasteiger charge is -2.11. The van der Waals surface area contributed by atoms with E-state index in [1.165, 1.54) is 12.1 Å². The van der Waals surface area contributed by atoms with Crippen LogP contribution in [0, 0.1) is 0 Å². The minimum atomic E-state index is -4.32. The Morgan fingerprint density at radius 3 is 2.36 bits per heavy atom. The molecule has 0 radical (unpaired) electrons. The van der Waals surface area contributed by atoms with Gasteiger partial charge in [0.2, 0.25) is 0 Å². The Bertz CT molecular complexity index is 658. The van der Waals surface area contributed by atoms with Gasteiger partial charge >= 0.3 is 6.18 Å². The zero-order valence-electron chi connectivity index (χ0n) is 13.7. The number of hydrogen-bond donors (Lipinski definition) is 2. The molecular weight excluding hydrogens is 444 g/mol. The first-order chi connectivity index (χ1) is 11.5. The van der Waals surface area contributed by atoms with Gasteiger partial charge in [0.05, 0.1) is 24.3 Å². The summed E-state index contributed by atoms with van der Waals surface area (Å²) < 4.78 is 37.6. The minimum Gasteiger partial charge on any atom is -0.357 e. The zero-order chi connectivity index (χ0) is 17.4. The fraction of sp³-hybridized carbons (Fsp3) is 0.294. The first-order valence-corrected chi connectivity index (χ1v) is 7.57. The van der Waals surface area contributed by atoms with Gasteiger partial charge in [-0.25, -0.2) is 4.99 Å². The summed E-state index contributed by atoms with van der Waals surface area (Å²) in [7, 11) is 0.